The van der Waals surface area contributed by atoms with E-state index < -0.39 is 0 Å². The molecule has 0 saturated carbocycles. The Balaban J connectivity index is 1.63. The summed E-state index contributed by atoms with van der Waals surface area (Å²) < 4.78 is 5.21. The minimum atomic E-state index is -0.385. The molecule has 0 spiro atoms. The van der Waals surface area contributed by atoms with E-state index in [1.807, 2.05) is 18.2 Å². The van der Waals surface area contributed by atoms with Gasteiger partial charge in [0.2, 0.25) is 17.6 Å². The molecule has 3 aromatic rings. The van der Waals surface area contributed by atoms with Gasteiger partial charge in [0.15, 0.2) is 0 Å². The maximum Gasteiger partial charge on any atom is 0.249 e. The maximum atomic E-state index is 12.0. The first-order valence-corrected chi connectivity index (χ1v) is 7.15. The number of aromatic nitrogens is 4. The van der Waals surface area contributed by atoms with E-state index in [0.717, 1.165) is 5.56 Å². The van der Waals surface area contributed by atoms with Crippen molar-refractivity contribution in [3.05, 3.63) is 60.5 Å². The molecule has 0 fully saturated rings. The van der Waals surface area contributed by atoms with Crippen LogP contribution in [0.15, 0.2) is 53.4 Å². The first-order valence-electron chi connectivity index (χ1n) is 7.15. The van der Waals surface area contributed by atoms with E-state index in [1.54, 1.807) is 37.6 Å². The van der Waals surface area contributed by atoms with E-state index in [2.05, 4.69) is 25.4 Å². The second kappa shape index (κ2) is 6.78. The van der Waals surface area contributed by atoms with Crippen LogP contribution in [0.1, 0.15) is 24.6 Å². The predicted octanol–water partition coefficient (Wildman–Crippen LogP) is 1.95. The third kappa shape index (κ3) is 3.76. The molecule has 0 aromatic carbocycles. The Bertz CT molecular complexity index is 773. The topological polar surface area (TPSA) is 93.8 Å². The lowest BCUT2D eigenvalue weighted by molar-refractivity contribution is -0.121. The van der Waals surface area contributed by atoms with Gasteiger partial charge in [0.05, 0.1) is 6.42 Å². The Morgan fingerprint density at radius 2 is 2.17 bits per heavy atom. The van der Waals surface area contributed by atoms with E-state index in [1.165, 1.54) is 0 Å². The first kappa shape index (κ1) is 14.8. The van der Waals surface area contributed by atoms with Gasteiger partial charge in [0, 0.05) is 29.8 Å². The van der Waals surface area contributed by atoms with Crippen LogP contribution in [0.2, 0.25) is 0 Å². The van der Waals surface area contributed by atoms with Crippen LogP contribution in [0.4, 0.5) is 0 Å². The Morgan fingerprint density at radius 1 is 1.26 bits per heavy atom. The number of pyridine rings is 2. The Kier molecular flexibility index (Phi) is 4.37. The summed E-state index contributed by atoms with van der Waals surface area (Å²) in [6.07, 6.45) is 5.18. The van der Waals surface area contributed by atoms with Crippen molar-refractivity contribution in [2.45, 2.75) is 19.4 Å². The standard InChI is InChI=1S/C16H15N5O2/c1-11(19-14(22)9-13-6-2-3-8-18-13)16-20-15(21-23-16)12-5-4-7-17-10-12/h2-8,10-11H,9H2,1H3,(H,19,22). The van der Waals surface area contributed by atoms with Crippen LogP contribution in [-0.4, -0.2) is 26.0 Å². The molecule has 3 heterocycles. The molecule has 7 heteroatoms. The van der Waals surface area contributed by atoms with Gasteiger partial charge in [-0.2, -0.15) is 4.98 Å². The molecule has 0 radical (unpaired) electrons. The smallest absolute Gasteiger partial charge is 0.249 e. The number of carbonyl (C=O) groups is 1. The minimum absolute atomic E-state index is 0.155. The fourth-order valence-electron chi connectivity index (χ4n) is 2.04. The summed E-state index contributed by atoms with van der Waals surface area (Å²) in [5.41, 5.74) is 1.47. The zero-order valence-electron chi connectivity index (χ0n) is 12.5. The molecule has 1 amide bonds. The largest absolute Gasteiger partial charge is 0.344 e. The normalized spacial score (nSPS) is 11.9. The van der Waals surface area contributed by atoms with Crippen LogP contribution in [0, 0.1) is 0 Å². The number of amides is 1. The van der Waals surface area contributed by atoms with Gasteiger partial charge < -0.3 is 9.84 Å². The van der Waals surface area contributed by atoms with Crippen molar-refractivity contribution in [1.82, 2.24) is 25.4 Å². The molecule has 0 saturated heterocycles. The number of hydrogen-bond acceptors (Lipinski definition) is 6. The minimum Gasteiger partial charge on any atom is -0.344 e. The molecule has 1 unspecified atom stereocenters. The molecule has 23 heavy (non-hydrogen) atoms. The monoisotopic (exact) mass is 309 g/mol. The summed E-state index contributed by atoms with van der Waals surface area (Å²) in [6, 6.07) is 8.70. The van der Waals surface area contributed by atoms with E-state index in [4.69, 9.17) is 4.52 Å². The molecule has 0 aliphatic rings. The van der Waals surface area contributed by atoms with Crippen LogP contribution < -0.4 is 5.32 Å². The van der Waals surface area contributed by atoms with Gasteiger partial charge in [-0.05, 0) is 31.2 Å². The Labute approximate surface area is 132 Å². The molecule has 7 nitrogen and oxygen atoms in total. The molecule has 1 atom stereocenters. The summed E-state index contributed by atoms with van der Waals surface area (Å²) in [7, 11) is 0. The molecule has 3 rings (SSSR count). The molecule has 3 aromatic heterocycles. The summed E-state index contributed by atoms with van der Waals surface area (Å²) >= 11 is 0. The lowest BCUT2D eigenvalue weighted by atomic mass is 10.2. The molecular formula is C16H15N5O2. The van der Waals surface area contributed by atoms with Gasteiger partial charge >= 0.3 is 0 Å². The van der Waals surface area contributed by atoms with Crippen LogP contribution in [0.5, 0.6) is 0 Å². The highest BCUT2D eigenvalue weighted by molar-refractivity contribution is 5.78. The van der Waals surface area contributed by atoms with Crippen LogP contribution >= 0.6 is 0 Å². The maximum absolute atomic E-state index is 12.0. The Hall–Kier alpha value is -3.09. The van der Waals surface area contributed by atoms with Crippen LogP contribution in [0.25, 0.3) is 11.4 Å². The number of rotatable bonds is 5. The summed E-state index contributed by atoms with van der Waals surface area (Å²) in [5.74, 6) is 0.634. The van der Waals surface area contributed by atoms with Gasteiger partial charge in [-0.3, -0.25) is 14.8 Å². The molecule has 1 N–H and O–H groups in total. The van der Waals surface area contributed by atoms with E-state index >= 15 is 0 Å². The lowest BCUT2D eigenvalue weighted by Gasteiger charge is -2.09. The SMILES string of the molecule is CC(NC(=O)Cc1ccccn1)c1nc(-c2cccnc2)no1. The fourth-order valence-corrected chi connectivity index (χ4v) is 2.04. The number of nitrogens with zero attached hydrogens (tertiary/aromatic N) is 4. The summed E-state index contributed by atoms with van der Waals surface area (Å²) in [5, 5.41) is 6.73. The van der Waals surface area contributed by atoms with E-state index in [-0.39, 0.29) is 18.4 Å². The number of nitrogens with one attached hydrogen (secondary N) is 1. The molecule has 0 bridgehead atoms. The number of hydrogen-bond donors (Lipinski definition) is 1. The third-order valence-electron chi connectivity index (χ3n) is 3.18. The average molecular weight is 309 g/mol. The quantitative estimate of drug-likeness (QED) is 0.774. The van der Waals surface area contributed by atoms with Crippen molar-refractivity contribution in [3.63, 3.8) is 0 Å². The van der Waals surface area contributed by atoms with Crippen molar-refractivity contribution < 1.29 is 9.32 Å². The van der Waals surface area contributed by atoms with E-state index in [9.17, 15) is 4.79 Å². The van der Waals surface area contributed by atoms with Gasteiger partial charge in [0.25, 0.3) is 0 Å². The van der Waals surface area contributed by atoms with Crippen molar-refractivity contribution in [1.29, 1.82) is 0 Å². The van der Waals surface area contributed by atoms with Crippen molar-refractivity contribution in [2.24, 2.45) is 0 Å². The molecule has 116 valence electrons. The summed E-state index contributed by atoms with van der Waals surface area (Å²) in [4.78, 5) is 24.4. The molecule has 0 aliphatic heterocycles. The predicted molar refractivity (Wildman–Crippen MR) is 82.0 cm³/mol. The van der Waals surface area contributed by atoms with Crippen molar-refractivity contribution >= 4 is 5.91 Å². The van der Waals surface area contributed by atoms with Gasteiger partial charge in [-0.25, -0.2) is 0 Å². The molecule has 0 aliphatic carbocycles. The van der Waals surface area contributed by atoms with Crippen molar-refractivity contribution in [2.75, 3.05) is 0 Å². The second-order valence-corrected chi connectivity index (χ2v) is 4.98. The highest BCUT2D eigenvalue weighted by Crippen LogP contribution is 2.17. The average Bonchev–Trinajstić information content (AvgIpc) is 3.06. The molecular weight excluding hydrogens is 294 g/mol. The zero-order valence-corrected chi connectivity index (χ0v) is 12.5. The van der Waals surface area contributed by atoms with Crippen LogP contribution in [0.3, 0.4) is 0 Å². The first-order chi connectivity index (χ1) is 11.2. The highest BCUT2D eigenvalue weighted by atomic mass is 16.5. The third-order valence-corrected chi connectivity index (χ3v) is 3.18. The summed E-state index contributed by atoms with van der Waals surface area (Å²) in [6.45, 7) is 1.79. The second-order valence-electron chi connectivity index (χ2n) is 4.98. The van der Waals surface area contributed by atoms with Gasteiger partial charge in [-0.15, -0.1) is 0 Å². The Morgan fingerprint density at radius 3 is 2.91 bits per heavy atom. The number of carbonyl (C=O) groups excluding carboxylic acids is 1. The highest BCUT2D eigenvalue weighted by Gasteiger charge is 2.17. The van der Waals surface area contributed by atoms with Gasteiger partial charge in [-0.1, -0.05) is 11.2 Å². The van der Waals surface area contributed by atoms with Gasteiger partial charge in [0.1, 0.15) is 6.04 Å². The van der Waals surface area contributed by atoms with Crippen LogP contribution in [-0.2, 0) is 11.2 Å². The zero-order chi connectivity index (χ0) is 16.1. The van der Waals surface area contributed by atoms with Crippen molar-refractivity contribution in [3.8, 4) is 11.4 Å². The lowest BCUT2D eigenvalue weighted by Crippen LogP contribution is -2.28. The fraction of sp³-hybridized carbons (Fsp3) is 0.188. The van der Waals surface area contributed by atoms with E-state index in [0.29, 0.717) is 17.4 Å².